The highest BCUT2D eigenvalue weighted by Crippen LogP contribution is 2.21. The maximum atomic E-state index is 8.39. The van der Waals surface area contributed by atoms with Crippen molar-refractivity contribution in [2.24, 2.45) is 0 Å². The van der Waals surface area contributed by atoms with E-state index >= 15 is 0 Å². The SMILES string of the molecule is N#CC=Cc1cnn([C@@H]2CCCCO2)c1. The summed E-state index contributed by atoms with van der Waals surface area (Å²) < 4.78 is 7.42. The number of hydrogen-bond acceptors (Lipinski definition) is 3. The van der Waals surface area contributed by atoms with Crippen LogP contribution in [0.15, 0.2) is 18.5 Å². The number of ether oxygens (including phenoxy) is 1. The second-order valence-corrected chi connectivity index (χ2v) is 3.54. The highest BCUT2D eigenvalue weighted by Gasteiger charge is 2.15. The Balaban J connectivity index is 2.06. The molecule has 4 nitrogen and oxygen atoms in total. The summed E-state index contributed by atoms with van der Waals surface area (Å²) in [6, 6.07) is 1.96. The Morgan fingerprint density at radius 2 is 2.53 bits per heavy atom. The van der Waals surface area contributed by atoms with Crippen LogP contribution in [0.3, 0.4) is 0 Å². The molecule has 0 saturated carbocycles. The molecule has 78 valence electrons. The normalized spacial score (nSPS) is 21.7. The minimum Gasteiger partial charge on any atom is -0.357 e. The predicted molar refractivity (Wildman–Crippen MR) is 55.7 cm³/mol. The van der Waals surface area contributed by atoms with E-state index in [-0.39, 0.29) is 6.23 Å². The first-order valence-electron chi connectivity index (χ1n) is 5.12. The van der Waals surface area contributed by atoms with Crippen molar-refractivity contribution in [2.45, 2.75) is 25.5 Å². The zero-order chi connectivity index (χ0) is 10.5. The summed E-state index contributed by atoms with van der Waals surface area (Å²) in [5.41, 5.74) is 0.936. The highest BCUT2D eigenvalue weighted by atomic mass is 16.5. The summed E-state index contributed by atoms with van der Waals surface area (Å²) in [6.07, 6.45) is 10.3. The molecular weight excluding hydrogens is 190 g/mol. The lowest BCUT2D eigenvalue weighted by Crippen LogP contribution is -2.18. The lowest BCUT2D eigenvalue weighted by Gasteiger charge is -2.22. The molecule has 0 amide bonds. The van der Waals surface area contributed by atoms with E-state index in [1.54, 1.807) is 12.3 Å². The van der Waals surface area contributed by atoms with Gasteiger partial charge in [0.2, 0.25) is 0 Å². The van der Waals surface area contributed by atoms with E-state index in [0.29, 0.717) is 0 Å². The summed E-state index contributed by atoms with van der Waals surface area (Å²) in [5.74, 6) is 0. The number of allylic oxidation sites excluding steroid dienone is 1. The molecule has 1 aromatic heterocycles. The van der Waals surface area contributed by atoms with Crippen LogP contribution < -0.4 is 0 Å². The van der Waals surface area contributed by atoms with Crippen molar-refractivity contribution < 1.29 is 4.74 Å². The summed E-state index contributed by atoms with van der Waals surface area (Å²) in [6.45, 7) is 0.813. The van der Waals surface area contributed by atoms with E-state index in [1.165, 1.54) is 12.5 Å². The van der Waals surface area contributed by atoms with Gasteiger partial charge in [0.1, 0.15) is 6.23 Å². The fourth-order valence-corrected chi connectivity index (χ4v) is 1.66. The molecule has 2 heterocycles. The maximum Gasteiger partial charge on any atom is 0.150 e. The van der Waals surface area contributed by atoms with E-state index in [2.05, 4.69) is 5.10 Å². The van der Waals surface area contributed by atoms with Gasteiger partial charge in [-0.15, -0.1) is 0 Å². The van der Waals surface area contributed by atoms with Crippen LogP contribution in [0.5, 0.6) is 0 Å². The predicted octanol–water partition coefficient (Wildman–Crippen LogP) is 2.12. The van der Waals surface area contributed by atoms with E-state index in [9.17, 15) is 0 Å². The molecule has 1 fully saturated rings. The lowest BCUT2D eigenvalue weighted by molar-refractivity contribution is -0.0394. The summed E-state index contributed by atoms with van der Waals surface area (Å²) in [5, 5.41) is 12.6. The van der Waals surface area contributed by atoms with Gasteiger partial charge in [0, 0.05) is 24.4 Å². The van der Waals surface area contributed by atoms with Gasteiger partial charge in [0.15, 0.2) is 0 Å². The van der Waals surface area contributed by atoms with Gasteiger partial charge in [-0.1, -0.05) is 0 Å². The molecule has 1 aromatic rings. The van der Waals surface area contributed by atoms with Crippen molar-refractivity contribution in [3.8, 4) is 6.07 Å². The molecule has 1 atom stereocenters. The van der Waals surface area contributed by atoms with E-state index < -0.39 is 0 Å². The minimum absolute atomic E-state index is 0.0722. The Morgan fingerprint density at radius 3 is 3.27 bits per heavy atom. The smallest absolute Gasteiger partial charge is 0.150 e. The number of aromatic nitrogens is 2. The van der Waals surface area contributed by atoms with Crippen LogP contribution in [0, 0.1) is 11.3 Å². The third-order valence-corrected chi connectivity index (χ3v) is 2.42. The molecule has 0 unspecified atom stereocenters. The monoisotopic (exact) mass is 203 g/mol. The molecule has 1 aliphatic heterocycles. The van der Waals surface area contributed by atoms with Crippen LogP contribution in [-0.2, 0) is 4.74 Å². The quantitative estimate of drug-likeness (QED) is 0.692. The molecule has 0 radical (unpaired) electrons. The fraction of sp³-hybridized carbons (Fsp3) is 0.455. The van der Waals surface area contributed by atoms with Crippen molar-refractivity contribution in [3.63, 3.8) is 0 Å². The second kappa shape index (κ2) is 4.76. The summed E-state index contributed by atoms with van der Waals surface area (Å²) in [7, 11) is 0. The number of nitriles is 1. The van der Waals surface area contributed by atoms with Crippen LogP contribution in [-0.4, -0.2) is 16.4 Å². The molecule has 1 saturated heterocycles. The number of nitrogens with zero attached hydrogens (tertiary/aromatic N) is 3. The minimum atomic E-state index is 0.0722. The molecule has 15 heavy (non-hydrogen) atoms. The molecule has 0 N–H and O–H groups in total. The molecule has 0 aromatic carbocycles. The Labute approximate surface area is 88.8 Å². The van der Waals surface area contributed by atoms with E-state index in [4.69, 9.17) is 10.00 Å². The zero-order valence-corrected chi connectivity index (χ0v) is 8.47. The van der Waals surface area contributed by atoms with E-state index in [0.717, 1.165) is 25.0 Å². The Hall–Kier alpha value is -1.60. The van der Waals surface area contributed by atoms with Crippen molar-refractivity contribution >= 4 is 6.08 Å². The average Bonchev–Trinajstić information content (AvgIpc) is 2.76. The summed E-state index contributed by atoms with van der Waals surface area (Å²) in [4.78, 5) is 0. The molecular formula is C11H13N3O. The van der Waals surface area contributed by atoms with Gasteiger partial charge in [-0.2, -0.15) is 10.4 Å². The first-order chi connectivity index (χ1) is 7.40. The second-order valence-electron chi connectivity index (χ2n) is 3.54. The molecule has 0 aliphatic carbocycles. The first-order valence-corrected chi connectivity index (χ1v) is 5.12. The Kier molecular flexibility index (Phi) is 3.15. The van der Waals surface area contributed by atoms with Gasteiger partial charge >= 0.3 is 0 Å². The Bertz CT molecular complexity index is 383. The van der Waals surface area contributed by atoms with Gasteiger partial charge in [-0.25, -0.2) is 4.68 Å². The van der Waals surface area contributed by atoms with Crippen molar-refractivity contribution in [1.29, 1.82) is 5.26 Å². The molecule has 0 bridgehead atoms. The number of rotatable bonds is 2. The molecule has 1 aliphatic rings. The largest absolute Gasteiger partial charge is 0.357 e. The zero-order valence-electron chi connectivity index (χ0n) is 8.47. The van der Waals surface area contributed by atoms with Crippen LogP contribution in [0.25, 0.3) is 6.08 Å². The van der Waals surface area contributed by atoms with Crippen molar-refractivity contribution in [1.82, 2.24) is 9.78 Å². The first kappa shape index (κ1) is 9.94. The van der Waals surface area contributed by atoms with Gasteiger partial charge in [0.05, 0.1) is 12.3 Å². The standard InChI is InChI=1S/C11H13N3O/c12-6-3-4-10-8-13-14(9-10)11-5-1-2-7-15-11/h3-4,8-9,11H,1-2,5,7H2/t11-/m0/s1. The third kappa shape index (κ3) is 2.45. The maximum absolute atomic E-state index is 8.39. The topological polar surface area (TPSA) is 50.8 Å². The van der Waals surface area contributed by atoms with Crippen LogP contribution in [0.1, 0.15) is 31.1 Å². The van der Waals surface area contributed by atoms with E-state index in [1.807, 2.05) is 16.9 Å². The highest BCUT2D eigenvalue weighted by molar-refractivity contribution is 5.49. The fourth-order valence-electron chi connectivity index (χ4n) is 1.66. The molecule has 2 rings (SSSR count). The van der Waals surface area contributed by atoms with Crippen LogP contribution >= 0.6 is 0 Å². The average molecular weight is 203 g/mol. The van der Waals surface area contributed by atoms with Gasteiger partial charge in [-0.05, 0) is 25.3 Å². The molecule has 0 spiro atoms. The molecule has 4 heteroatoms. The van der Waals surface area contributed by atoms with Crippen molar-refractivity contribution in [3.05, 3.63) is 24.0 Å². The van der Waals surface area contributed by atoms with Gasteiger partial charge in [-0.3, -0.25) is 0 Å². The lowest BCUT2D eigenvalue weighted by atomic mass is 10.2. The summed E-state index contributed by atoms with van der Waals surface area (Å²) >= 11 is 0. The third-order valence-electron chi connectivity index (χ3n) is 2.42. The van der Waals surface area contributed by atoms with Gasteiger partial charge < -0.3 is 4.74 Å². The van der Waals surface area contributed by atoms with Crippen LogP contribution in [0.2, 0.25) is 0 Å². The van der Waals surface area contributed by atoms with Gasteiger partial charge in [0.25, 0.3) is 0 Å². The Morgan fingerprint density at radius 1 is 1.60 bits per heavy atom. The van der Waals surface area contributed by atoms with Crippen molar-refractivity contribution in [2.75, 3.05) is 6.61 Å². The van der Waals surface area contributed by atoms with Crippen LogP contribution in [0.4, 0.5) is 0 Å². The number of hydrogen-bond donors (Lipinski definition) is 0.